The minimum absolute atomic E-state index is 0.0775. The number of rotatable bonds is 6. The largest absolute Gasteiger partial charge is 0.497 e. The van der Waals surface area contributed by atoms with E-state index in [9.17, 15) is 9.18 Å². The number of nitrogens with zero attached hydrogens (tertiary/aromatic N) is 1. The molecule has 1 aliphatic rings. The molecule has 2 aromatic rings. The molecule has 1 amide bonds. The normalized spacial score (nSPS) is 14.9. The highest BCUT2D eigenvalue weighted by Gasteiger charge is 2.23. The average molecular weight is 357 g/mol. The third-order valence-electron chi connectivity index (χ3n) is 4.85. The predicted molar refractivity (Wildman–Crippen MR) is 98.1 cm³/mol. The lowest BCUT2D eigenvalue weighted by molar-refractivity contribution is 0.0680. The third kappa shape index (κ3) is 4.75. The highest BCUT2D eigenvalue weighted by molar-refractivity contribution is 5.94. The van der Waals surface area contributed by atoms with Crippen molar-refractivity contribution in [3.8, 4) is 11.5 Å². The molecule has 0 unspecified atom stereocenters. The Balaban J connectivity index is 1.41. The summed E-state index contributed by atoms with van der Waals surface area (Å²) in [7, 11) is 1.61. The van der Waals surface area contributed by atoms with Crippen molar-refractivity contribution in [2.24, 2.45) is 5.92 Å². The van der Waals surface area contributed by atoms with Crippen LogP contribution in [-0.2, 0) is 0 Å². The molecule has 0 aromatic heterocycles. The summed E-state index contributed by atoms with van der Waals surface area (Å²) >= 11 is 0. The predicted octanol–water partition coefficient (Wildman–Crippen LogP) is 4.16. The van der Waals surface area contributed by atoms with Crippen LogP contribution < -0.4 is 9.47 Å². The Morgan fingerprint density at radius 2 is 1.65 bits per heavy atom. The first-order valence-corrected chi connectivity index (χ1v) is 8.97. The minimum Gasteiger partial charge on any atom is -0.497 e. The van der Waals surface area contributed by atoms with Crippen molar-refractivity contribution in [2.75, 3.05) is 26.8 Å². The second kappa shape index (κ2) is 8.70. The van der Waals surface area contributed by atoms with Gasteiger partial charge in [-0.2, -0.15) is 0 Å². The molecule has 4 nitrogen and oxygen atoms in total. The van der Waals surface area contributed by atoms with E-state index in [0.717, 1.165) is 38.1 Å². The molecule has 0 radical (unpaired) electrons. The van der Waals surface area contributed by atoms with Crippen molar-refractivity contribution in [2.45, 2.75) is 19.3 Å². The summed E-state index contributed by atoms with van der Waals surface area (Å²) in [5.41, 5.74) is 0.698. The van der Waals surface area contributed by atoms with Crippen LogP contribution in [0.3, 0.4) is 0 Å². The lowest BCUT2D eigenvalue weighted by atomic mass is 9.93. The maximum absolute atomic E-state index is 12.9. The molecule has 0 N–H and O–H groups in total. The molecule has 3 rings (SSSR count). The molecule has 1 aliphatic heterocycles. The highest BCUT2D eigenvalue weighted by atomic mass is 19.1. The number of hydrogen-bond donors (Lipinski definition) is 0. The Morgan fingerprint density at radius 1 is 1.04 bits per heavy atom. The number of piperidine rings is 1. The summed E-state index contributed by atoms with van der Waals surface area (Å²) in [5, 5.41) is 0. The van der Waals surface area contributed by atoms with E-state index in [2.05, 4.69) is 0 Å². The zero-order valence-corrected chi connectivity index (χ0v) is 15.0. The van der Waals surface area contributed by atoms with E-state index < -0.39 is 0 Å². The van der Waals surface area contributed by atoms with Crippen molar-refractivity contribution in [1.82, 2.24) is 4.90 Å². The van der Waals surface area contributed by atoms with Gasteiger partial charge in [-0.05, 0) is 73.7 Å². The van der Waals surface area contributed by atoms with Gasteiger partial charge >= 0.3 is 0 Å². The third-order valence-corrected chi connectivity index (χ3v) is 4.85. The molecule has 138 valence electrons. The second-order valence-electron chi connectivity index (χ2n) is 6.56. The number of benzene rings is 2. The van der Waals surface area contributed by atoms with Crippen LogP contribution in [0.15, 0.2) is 48.5 Å². The number of methoxy groups -OCH3 is 1. The van der Waals surface area contributed by atoms with Gasteiger partial charge in [-0.3, -0.25) is 4.79 Å². The van der Waals surface area contributed by atoms with Crippen LogP contribution in [0.2, 0.25) is 0 Å². The number of hydrogen-bond acceptors (Lipinski definition) is 3. The smallest absolute Gasteiger partial charge is 0.253 e. The molecule has 0 atom stereocenters. The van der Waals surface area contributed by atoms with Crippen molar-refractivity contribution in [3.05, 3.63) is 59.9 Å². The molecule has 1 saturated heterocycles. The molecule has 0 spiro atoms. The summed E-state index contributed by atoms with van der Waals surface area (Å²) in [4.78, 5) is 14.5. The Hall–Kier alpha value is -2.56. The first-order valence-electron chi connectivity index (χ1n) is 8.97. The van der Waals surface area contributed by atoms with Crippen molar-refractivity contribution in [3.63, 3.8) is 0 Å². The summed E-state index contributed by atoms with van der Waals surface area (Å²) in [6.45, 7) is 2.15. The van der Waals surface area contributed by atoms with Crippen LogP contribution in [0.25, 0.3) is 0 Å². The number of ether oxygens (including phenoxy) is 2. The first kappa shape index (κ1) is 18.2. The molecule has 0 saturated carbocycles. The van der Waals surface area contributed by atoms with Crippen molar-refractivity contribution >= 4 is 5.91 Å². The Labute approximate surface area is 153 Å². The number of carbonyl (C=O) groups is 1. The summed E-state index contributed by atoms with van der Waals surface area (Å²) in [5.74, 6) is 1.82. The molecule has 1 fully saturated rings. The standard InChI is InChI=1S/C21H24FNO3/c1-25-19-6-2-17(3-7-19)21(24)23-13-10-16(11-14-23)12-15-26-20-8-4-18(22)5-9-20/h2-9,16H,10-15H2,1H3. The van der Waals surface area contributed by atoms with Gasteiger partial charge in [0.25, 0.3) is 5.91 Å². The molecular formula is C21H24FNO3. The van der Waals surface area contributed by atoms with Crippen molar-refractivity contribution in [1.29, 1.82) is 0 Å². The van der Waals surface area contributed by atoms with E-state index in [1.54, 1.807) is 19.2 Å². The maximum Gasteiger partial charge on any atom is 0.253 e. The van der Waals surface area contributed by atoms with Gasteiger partial charge in [0.05, 0.1) is 13.7 Å². The van der Waals surface area contributed by atoms with Gasteiger partial charge in [0.15, 0.2) is 0 Å². The summed E-state index contributed by atoms with van der Waals surface area (Å²) < 4.78 is 23.7. The van der Waals surface area contributed by atoms with Crippen molar-refractivity contribution < 1.29 is 18.7 Å². The number of amides is 1. The van der Waals surface area contributed by atoms with Crippen LogP contribution in [0.5, 0.6) is 11.5 Å². The fourth-order valence-corrected chi connectivity index (χ4v) is 3.22. The molecule has 2 aromatic carbocycles. The van der Waals surface area contributed by atoms with Gasteiger partial charge in [0, 0.05) is 18.7 Å². The average Bonchev–Trinajstić information content (AvgIpc) is 2.69. The van der Waals surface area contributed by atoms with E-state index in [1.165, 1.54) is 12.1 Å². The minimum atomic E-state index is -0.258. The SMILES string of the molecule is COc1ccc(C(=O)N2CCC(CCOc3ccc(F)cc3)CC2)cc1. The second-order valence-corrected chi connectivity index (χ2v) is 6.56. The fourth-order valence-electron chi connectivity index (χ4n) is 3.22. The number of likely N-dealkylation sites (tertiary alicyclic amines) is 1. The number of halogens is 1. The fraction of sp³-hybridized carbons (Fsp3) is 0.381. The lowest BCUT2D eigenvalue weighted by Gasteiger charge is -2.32. The molecule has 0 bridgehead atoms. The Morgan fingerprint density at radius 3 is 2.27 bits per heavy atom. The Bertz CT molecular complexity index is 707. The van der Waals surface area contributed by atoms with Gasteiger partial charge in [0.1, 0.15) is 17.3 Å². The van der Waals surface area contributed by atoms with Crippen LogP contribution in [0, 0.1) is 11.7 Å². The first-order chi connectivity index (χ1) is 12.7. The van der Waals surface area contributed by atoms with Crippen LogP contribution >= 0.6 is 0 Å². The summed E-state index contributed by atoms with van der Waals surface area (Å²) in [6, 6.07) is 13.3. The topological polar surface area (TPSA) is 38.8 Å². The van der Waals surface area contributed by atoms with Gasteiger partial charge < -0.3 is 14.4 Å². The lowest BCUT2D eigenvalue weighted by Crippen LogP contribution is -2.38. The quantitative estimate of drug-likeness (QED) is 0.779. The molecule has 0 aliphatic carbocycles. The Kier molecular flexibility index (Phi) is 6.10. The van der Waals surface area contributed by atoms with Crippen LogP contribution in [0.1, 0.15) is 29.6 Å². The molecule has 26 heavy (non-hydrogen) atoms. The van der Waals surface area contributed by atoms with E-state index in [0.29, 0.717) is 23.8 Å². The molecule has 1 heterocycles. The highest BCUT2D eigenvalue weighted by Crippen LogP contribution is 2.23. The van der Waals surface area contributed by atoms with E-state index >= 15 is 0 Å². The summed E-state index contributed by atoms with van der Waals surface area (Å²) in [6.07, 6.45) is 2.91. The monoisotopic (exact) mass is 357 g/mol. The van der Waals surface area contributed by atoms with E-state index in [-0.39, 0.29) is 11.7 Å². The molecule has 5 heteroatoms. The van der Waals surface area contributed by atoms with Crippen LogP contribution in [-0.4, -0.2) is 37.6 Å². The number of carbonyl (C=O) groups excluding carboxylic acids is 1. The van der Waals surface area contributed by atoms with E-state index in [4.69, 9.17) is 9.47 Å². The van der Waals surface area contributed by atoms with Gasteiger partial charge in [-0.25, -0.2) is 4.39 Å². The van der Waals surface area contributed by atoms with E-state index in [1.807, 2.05) is 29.2 Å². The van der Waals surface area contributed by atoms with Gasteiger partial charge in [0.2, 0.25) is 0 Å². The van der Waals surface area contributed by atoms with Gasteiger partial charge in [-0.1, -0.05) is 0 Å². The molecular weight excluding hydrogens is 333 g/mol. The van der Waals surface area contributed by atoms with Gasteiger partial charge in [-0.15, -0.1) is 0 Å². The maximum atomic E-state index is 12.9. The van der Waals surface area contributed by atoms with Crippen LogP contribution in [0.4, 0.5) is 4.39 Å². The zero-order valence-electron chi connectivity index (χ0n) is 15.0. The zero-order chi connectivity index (χ0) is 18.4.